The number of rotatable bonds is 0. The Morgan fingerprint density at radius 3 is 3.00 bits per heavy atom. The van der Waals surface area contributed by atoms with Crippen LogP contribution in [0, 0.1) is 6.92 Å². The van der Waals surface area contributed by atoms with Gasteiger partial charge in [0, 0.05) is 11.6 Å². The highest BCUT2D eigenvalue weighted by atomic mass is 16.3. The Labute approximate surface area is 70.5 Å². The van der Waals surface area contributed by atoms with Gasteiger partial charge in [-0.2, -0.15) is 0 Å². The number of hydrogen-bond acceptors (Lipinski definition) is 1. The van der Waals surface area contributed by atoms with Gasteiger partial charge < -0.3 is 0 Å². The van der Waals surface area contributed by atoms with E-state index in [1.807, 2.05) is 18.2 Å². The highest BCUT2D eigenvalue weighted by Gasteiger charge is 2.00. The molecule has 0 bridgehead atoms. The predicted molar refractivity (Wildman–Crippen MR) is 46.6 cm³/mol. The number of fused-ring (bicyclic) bond motifs is 1. The zero-order valence-corrected chi connectivity index (χ0v) is 6.74. The molecule has 1 aromatic carbocycles. The molecule has 2 heteroatoms. The van der Waals surface area contributed by atoms with Crippen LogP contribution in [0.5, 0.6) is 5.75 Å². The van der Waals surface area contributed by atoms with Gasteiger partial charge in [-0.15, -0.1) is 0 Å². The maximum Gasteiger partial charge on any atom is 0.182 e. The van der Waals surface area contributed by atoms with E-state index in [-0.39, 0.29) is 5.75 Å². The fourth-order valence-corrected chi connectivity index (χ4v) is 1.20. The molecule has 2 aromatic rings. The Morgan fingerprint density at radius 1 is 1.33 bits per heavy atom. The maximum atomic E-state index is 11.2. The molecule has 0 aliphatic carbocycles. The lowest BCUT2D eigenvalue weighted by atomic mass is 10.1. The fraction of sp³-hybridized carbons (Fsp3) is 0.100. The third-order valence-corrected chi connectivity index (χ3v) is 1.90. The molecule has 0 N–H and O–H groups in total. The molecule has 0 amide bonds. The van der Waals surface area contributed by atoms with Crippen molar-refractivity contribution in [3.05, 3.63) is 36.0 Å². The van der Waals surface area contributed by atoms with E-state index in [9.17, 15) is 5.11 Å². The van der Waals surface area contributed by atoms with Gasteiger partial charge in [-0.1, -0.05) is 6.07 Å². The molecule has 0 saturated carbocycles. The number of pyridine rings is 1. The highest BCUT2D eigenvalue weighted by Crippen LogP contribution is 2.22. The minimum atomic E-state index is 0.0792. The molecule has 1 radical (unpaired) electrons. The molecule has 2 rings (SSSR count). The Hall–Kier alpha value is -1.57. The molecule has 59 valence electrons. The Balaban J connectivity index is 2.84. The first-order valence-electron chi connectivity index (χ1n) is 3.80. The highest BCUT2D eigenvalue weighted by molar-refractivity contribution is 5.80. The van der Waals surface area contributed by atoms with Crippen molar-refractivity contribution in [2.24, 2.45) is 0 Å². The van der Waals surface area contributed by atoms with Crippen LogP contribution in [0.1, 0.15) is 5.56 Å². The number of aromatic nitrogens is 1. The van der Waals surface area contributed by atoms with Crippen LogP contribution in [0.25, 0.3) is 10.9 Å². The Bertz CT molecular complexity index is 383. The lowest BCUT2D eigenvalue weighted by Crippen LogP contribution is -1.79. The average molecular weight is 158 g/mol. The van der Waals surface area contributed by atoms with Gasteiger partial charge in [-0.05, 0) is 30.7 Å². The van der Waals surface area contributed by atoms with E-state index >= 15 is 0 Å². The molecule has 0 atom stereocenters. The SMILES string of the molecule is Cc1cc2ncccc2cc1[O]. The molecule has 0 aliphatic heterocycles. The lowest BCUT2D eigenvalue weighted by molar-refractivity contribution is 0.352. The summed E-state index contributed by atoms with van der Waals surface area (Å²) in [5.74, 6) is 0.0792. The van der Waals surface area contributed by atoms with Crippen molar-refractivity contribution in [3.63, 3.8) is 0 Å². The van der Waals surface area contributed by atoms with Crippen molar-refractivity contribution >= 4 is 10.9 Å². The first-order chi connectivity index (χ1) is 5.77. The van der Waals surface area contributed by atoms with Crippen LogP contribution in [-0.2, 0) is 5.11 Å². The summed E-state index contributed by atoms with van der Waals surface area (Å²) < 4.78 is 0. The van der Waals surface area contributed by atoms with Gasteiger partial charge in [0.05, 0.1) is 5.52 Å². The monoisotopic (exact) mass is 158 g/mol. The van der Waals surface area contributed by atoms with Crippen LogP contribution in [0.2, 0.25) is 0 Å². The third kappa shape index (κ3) is 1.01. The quantitative estimate of drug-likeness (QED) is 0.580. The molecule has 1 aromatic heterocycles. The van der Waals surface area contributed by atoms with Gasteiger partial charge in [0.2, 0.25) is 0 Å². The lowest BCUT2D eigenvalue weighted by Gasteiger charge is -1.98. The Morgan fingerprint density at radius 2 is 2.17 bits per heavy atom. The van der Waals surface area contributed by atoms with Crippen molar-refractivity contribution in [1.29, 1.82) is 0 Å². The number of aryl methyl sites for hydroxylation is 1. The van der Waals surface area contributed by atoms with E-state index in [1.165, 1.54) is 0 Å². The minimum Gasteiger partial charge on any atom is -0.290 e. The number of benzene rings is 1. The Kier molecular flexibility index (Phi) is 1.47. The second-order valence-corrected chi connectivity index (χ2v) is 2.81. The largest absolute Gasteiger partial charge is 0.290 e. The van der Waals surface area contributed by atoms with Crippen LogP contribution in [0.15, 0.2) is 30.5 Å². The van der Waals surface area contributed by atoms with Gasteiger partial charge in [0.15, 0.2) is 5.75 Å². The predicted octanol–water partition coefficient (Wildman–Crippen LogP) is 2.69. The fourth-order valence-electron chi connectivity index (χ4n) is 1.20. The van der Waals surface area contributed by atoms with Gasteiger partial charge >= 0.3 is 0 Å². The summed E-state index contributed by atoms with van der Waals surface area (Å²) in [6, 6.07) is 7.16. The summed E-state index contributed by atoms with van der Waals surface area (Å²) in [4.78, 5) is 4.14. The van der Waals surface area contributed by atoms with E-state index < -0.39 is 0 Å². The molecule has 0 unspecified atom stereocenters. The van der Waals surface area contributed by atoms with Gasteiger partial charge in [-0.3, -0.25) is 10.1 Å². The second kappa shape index (κ2) is 2.48. The van der Waals surface area contributed by atoms with E-state index in [1.54, 1.807) is 19.2 Å². The normalized spacial score (nSPS) is 10.4. The van der Waals surface area contributed by atoms with Crippen molar-refractivity contribution in [2.45, 2.75) is 6.92 Å². The molecule has 0 spiro atoms. The smallest absolute Gasteiger partial charge is 0.182 e. The first-order valence-corrected chi connectivity index (χ1v) is 3.80. The molecule has 0 saturated heterocycles. The maximum absolute atomic E-state index is 11.2. The standard InChI is InChI=1S/C10H8NO/c1-7-5-9-8(6-10(7)12)3-2-4-11-9/h2-6H,1H3. The van der Waals surface area contributed by atoms with E-state index in [0.717, 1.165) is 16.5 Å². The summed E-state index contributed by atoms with van der Waals surface area (Å²) in [5, 5.41) is 12.1. The van der Waals surface area contributed by atoms with Gasteiger partial charge in [-0.25, -0.2) is 0 Å². The summed E-state index contributed by atoms with van der Waals surface area (Å²) in [6.07, 6.45) is 1.73. The van der Waals surface area contributed by atoms with Crippen LogP contribution >= 0.6 is 0 Å². The van der Waals surface area contributed by atoms with E-state index in [4.69, 9.17) is 0 Å². The van der Waals surface area contributed by atoms with Crippen molar-refractivity contribution in [2.75, 3.05) is 0 Å². The molecule has 0 aliphatic rings. The molecular formula is C10H8NO. The summed E-state index contributed by atoms with van der Waals surface area (Å²) >= 11 is 0. The molecule has 1 heterocycles. The topological polar surface area (TPSA) is 32.8 Å². The average Bonchev–Trinajstić information content (AvgIpc) is 2.07. The summed E-state index contributed by atoms with van der Waals surface area (Å²) in [7, 11) is 0. The van der Waals surface area contributed by atoms with Crippen molar-refractivity contribution in [3.8, 4) is 5.75 Å². The zero-order valence-electron chi connectivity index (χ0n) is 6.74. The van der Waals surface area contributed by atoms with E-state index in [0.29, 0.717) is 0 Å². The summed E-state index contributed by atoms with van der Waals surface area (Å²) in [5.41, 5.74) is 1.64. The second-order valence-electron chi connectivity index (χ2n) is 2.81. The van der Waals surface area contributed by atoms with Crippen LogP contribution in [0.3, 0.4) is 0 Å². The number of nitrogens with zero attached hydrogens (tertiary/aromatic N) is 1. The molecule has 12 heavy (non-hydrogen) atoms. The molecule has 0 fully saturated rings. The van der Waals surface area contributed by atoms with Crippen LogP contribution in [-0.4, -0.2) is 4.98 Å². The van der Waals surface area contributed by atoms with E-state index in [2.05, 4.69) is 4.98 Å². The zero-order chi connectivity index (χ0) is 8.55. The number of hydrogen-bond donors (Lipinski definition) is 0. The van der Waals surface area contributed by atoms with Gasteiger partial charge in [0.25, 0.3) is 0 Å². The van der Waals surface area contributed by atoms with Gasteiger partial charge in [0.1, 0.15) is 0 Å². The van der Waals surface area contributed by atoms with Crippen LogP contribution < -0.4 is 0 Å². The van der Waals surface area contributed by atoms with Crippen molar-refractivity contribution in [1.82, 2.24) is 4.98 Å². The van der Waals surface area contributed by atoms with Crippen LogP contribution in [0.4, 0.5) is 0 Å². The molecular weight excluding hydrogens is 150 g/mol. The minimum absolute atomic E-state index is 0.0792. The third-order valence-electron chi connectivity index (χ3n) is 1.90. The summed E-state index contributed by atoms with van der Waals surface area (Å²) in [6.45, 7) is 1.80. The first kappa shape index (κ1) is 7.10. The van der Waals surface area contributed by atoms with Crippen molar-refractivity contribution < 1.29 is 5.11 Å². The molecule has 2 nitrogen and oxygen atoms in total.